The number of aromatic amines is 1. The summed E-state index contributed by atoms with van der Waals surface area (Å²) in [5, 5.41) is 12.7. The maximum absolute atomic E-state index is 13.0. The molecule has 0 saturated carbocycles. The third-order valence-corrected chi connectivity index (χ3v) is 5.10. The van der Waals surface area contributed by atoms with Gasteiger partial charge in [0.05, 0.1) is 16.6 Å². The number of nitrogens with one attached hydrogen (secondary N) is 1. The first-order chi connectivity index (χ1) is 14.1. The Bertz CT molecular complexity index is 1430. The van der Waals surface area contributed by atoms with Gasteiger partial charge < -0.3 is 0 Å². The predicted molar refractivity (Wildman–Crippen MR) is 111 cm³/mol. The van der Waals surface area contributed by atoms with Crippen molar-refractivity contribution in [2.75, 3.05) is 0 Å². The van der Waals surface area contributed by atoms with Crippen molar-refractivity contribution in [2.24, 2.45) is 0 Å². The topological polar surface area (TPSA) is 93.8 Å². The molecule has 0 unspecified atom stereocenters. The summed E-state index contributed by atoms with van der Waals surface area (Å²) in [6.45, 7) is 3.82. The summed E-state index contributed by atoms with van der Waals surface area (Å²) in [7, 11) is 0. The van der Waals surface area contributed by atoms with Crippen LogP contribution in [-0.2, 0) is 6.42 Å². The van der Waals surface area contributed by atoms with Gasteiger partial charge in [-0.2, -0.15) is 10.1 Å². The fraction of sp³-hybridized carbons (Fsp3) is 0.150. The molecular weight excluding hydrogens is 390 g/mol. The molecule has 0 aliphatic heterocycles. The number of hydrogen-bond acceptors (Lipinski definition) is 5. The fourth-order valence-electron chi connectivity index (χ4n) is 3.47. The summed E-state index contributed by atoms with van der Waals surface area (Å²) in [5.74, 6) is 0.930. The number of aromatic nitrogens is 7. The van der Waals surface area contributed by atoms with Gasteiger partial charge in [-0.3, -0.25) is 9.89 Å². The maximum Gasteiger partial charge on any atom is 0.268 e. The Hall–Kier alpha value is -3.52. The first-order valence-corrected chi connectivity index (χ1v) is 9.52. The number of fused-ring (bicyclic) bond motifs is 3. The molecule has 0 amide bonds. The monoisotopic (exact) mass is 405 g/mol. The van der Waals surface area contributed by atoms with Crippen molar-refractivity contribution < 1.29 is 0 Å². The minimum absolute atomic E-state index is 0.252. The highest BCUT2D eigenvalue weighted by atomic mass is 35.5. The average Bonchev–Trinajstić information content (AvgIpc) is 3.32. The Labute approximate surface area is 169 Å². The van der Waals surface area contributed by atoms with E-state index in [0.717, 1.165) is 23.2 Å². The molecule has 0 saturated heterocycles. The molecule has 0 radical (unpaired) electrons. The van der Waals surface area contributed by atoms with Crippen LogP contribution in [0.2, 0.25) is 5.02 Å². The maximum atomic E-state index is 13.0. The molecular formula is C20H16ClN7O. The minimum atomic E-state index is -0.252. The van der Waals surface area contributed by atoms with Gasteiger partial charge in [-0.1, -0.05) is 30.7 Å². The third-order valence-electron chi connectivity index (χ3n) is 4.85. The van der Waals surface area contributed by atoms with Gasteiger partial charge in [0, 0.05) is 23.0 Å². The zero-order valence-electron chi connectivity index (χ0n) is 15.7. The van der Waals surface area contributed by atoms with E-state index in [-0.39, 0.29) is 5.56 Å². The van der Waals surface area contributed by atoms with Crippen molar-refractivity contribution in [1.82, 2.24) is 34.3 Å². The van der Waals surface area contributed by atoms with E-state index >= 15 is 0 Å². The second-order valence-electron chi connectivity index (χ2n) is 6.69. The number of hydrogen-bond donors (Lipinski definition) is 1. The highest BCUT2D eigenvalue weighted by Gasteiger charge is 2.18. The third kappa shape index (κ3) is 2.72. The Kier molecular flexibility index (Phi) is 3.95. The Morgan fingerprint density at radius 3 is 2.66 bits per heavy atom. The molecule has 0 fully saturated rings. The van der Waals surface area contributed by atoms with Crippen molar-refractivity contribution >= 4 is 28.2 Å². The molecule has 1 N–H and O–H groups in total. The van der Waals surface area contributed by atoms with Crippen molar-refractivity contribution in [3.63, 3.8) is 0 Å². The molecule has 0 aliphatic rings. The number of H-pyrrole nitrogens is 1. The predicted octanol–water partition coefficient (Wildman–Crippen LogP) is 3.34. The Balaban J connectivity index is 1.78. The van der Waals surface area contributed by atoms with Crippen molar-refractivity contribution in [1.29, 1.82) is 0 Å². The summed E-state index contributed by atoms with van der Waals surface area (Å²) >= 11 is 6.04. The van der Waals surface area contributed by atoms with Gasteiger partial charge in [-0.05, 0) is 37.1 Å². The molecule has 4 heterocycles. The van der Waals surface area contributed by atoms with Crippen molar-refractivity contribution in [3.8, 4) is 17.1 Å². The average molecular weight is 406 g/mol. The molecule has 5 aromatic rings. The SMILES string of the molecule is CCc1nn2c(ncc3c(=O)n(-c4n[nH]c(C)n4)ccc32)c1-c1ccc(Cl)cc1. The van der Waals surface area contributed by atoms with Gasteiger partial charge >= 0.3 is 0 Å². The molecule has 1 aromatic carbocycles. The first kappa shape index (κ1) is 17.6. The molecule has 0 bridgehead atoms. The number of rotatable bonds is 3. The van der Waals surface area contributed by atoms with E-state index in [2.05, 4.69) is 20.2 Å². The van der Waals surface area contributed by atoms with Crippen LogP contribution in [0.15, 0.2) is 47.5 Å². The van der Waals surface area contributed by atoms with Gasteiger partial charge in [0.15, 0.2) is 5.65 Å². The lowest BCUT2D eigenvalue weighted by Crippen LogP contribution is -2.20. The second kappa shape index (κ2) is 6.52. The molecule has 29 heavy (non-hydrogen) atoms. The molecule has 0 atom stereocenters. The van der Waals surface area contributed by atoms with Gasteiger partial charge in [0.2, 0.25) is 0 Å². The fourth-order valence-corrected chi connectivity index (χ4v) is 3.60. The minimum Gasteiger partial charge on any atom is -0.268 e. The van der Waals surface area contributed by atoms with Crippen LogP contribution in [0.1, 0.15) is 18.4 Å². The molecule has 0 aliphatic carbocycles. The van der Waals surface area contributed by atoms with Gasteiger partial charge in [0.1, 0.15) is 5.82 Å². The van der Waals surface area contributed by atoms with Crippen LogP contribution in [-0.4, -0.2) is 34.3 Å². The van der Waals surface area contributed by atoms with E-state index in [9.17, 15) is 4.79 Å². The Morgan fingerprint density at radius 1 is 1.17 bits per heavy atom. The largest absolute Gasteiger partial charge is 0.268 e. The van der Waals surface area contributed by atoms with Crippen LogP contribution in [0.4, 0.5) is 0 Å². The standard InChI is InChI=1S/C20H16ClN7O/c1-3-15-17(12-4-6-13(21)7-5-12)18-22-10-14-16(28(18)26-15)8-9-27(19(14)29)20-23-11(2)24-25-20/h4-10H,3H2,1-2H3,(H,23,24,25). The van der Waals surface area contributed by atoms with Gasteiger partial charge in [-0.25, -0.2) is 14.1 Å². The lowest BCUT2D eigenvalue weighted by atomic mass is 10.0. The van der Waals surface area contributed by atoms with E-state index in [1.54, 1.807) is 23.8 Å². The summed E-state index contributed by atoms with van der Waals surface area (Å²) in [4.78, 5) is 21.8. The highest BCUT2D eigenvalue weighted by molar-refractivity contribution is 6.30. The quantitative estimate of drug-likeness (QED) is 0.496. The number of pyridine rings is 1. The van der Waals surface area contributed by atoms with Crippen LogP contribution in [0, 0.1) is 6.92 Å². The van der Waals surface area contributed by atoms with Crippen LogP contribution in [0.3, 0.4) is 0 Å². The zero-order chi connectivity index (χ0) is 20.1. The summed E-state index contributed by atoms with van der Waals surface area (Å²) in [5.41, 5.74) is 3.96. The molecule has 0 spiro atoms. The van der Waals surface area contributed by atoms with E-state index in [1.165, 1.54) is 4.57 Å². The zero-order valence-corrected chi connectivity index (χ0v) is 16.5. The molecule has 5 rings (SSSR count). The van der Waals surface area contributed by atoms with Crippen LogP contribution >= 0.6 is 11.6 Å². The number of nitrogens with zero attached hydrogens (tertiary/aromatic N) is 6. The van der Waals surface area contributed by atoms with Crippen LogP contribution in [0.25, 0.3) is 33.6 Å². The van der Waals surface area contributed by atoms with Crippen molar-refractivity contribution in [2.45, 2.75) is 20.3 Å². The normalized spacial score (nSPS) is 11.6. The van der Waals surface area contributed by atoms with E-state index in [1.807, 2.05) is 37.3 Å². The number of aryl methyl sites for hydroxylation is 2. The van der Waals surface area contributed by atoms with Gasteiger partial charge in [-0.15, -0.1) is 5.10 Å². The Morgan fingerprint density at radius 2 is 1.97 bits per heavy atom. The lowest BCUT2D eigenvalue weighted by molar-refractivity contribution is 0.885. The second-order valence-corrected chi connectivity index (χ2v) is 7.12. The smallest absolute Gasteiger partial charge is 0.268 e. The number of benzene rings is 1. The van der Waals surface area contributed by atoms with E-state index < -0.39 is 0 Å². The van der Waals surface area contributed by atoms with Crippen LogP contribution < -0.4 is 5.56 Å². The first-order valence-electron chi connectivity index (χ1n) is 9.14. The van der Waals surface area contributed by atoms with Gasteiger partial charge in [0.25, 0.3) is 11.5 Å². The molecule has 144 valence electrons. The molecule has 9 heteroatoms. The molecule has 8 nitrogen and oxygen atoms in total. The number of halogens is 1. The van der Waals surface area contributed by atoms with E-state index in [4.69, 9.17) is 16.7 Å². The van der Waals surface area contributed by atoms with Crippen molar-refractivity contribution in [3.05, 3.63) is 69.6 Å². The summed E-state index contributed by atoms with van der Waals surface area (Å²) < 4.78 is 3.12. The molecule has 4 aromatic heterocycles. The summed E-state index contributed by atoms with van der Waals surface area (Å²) in [6.07, 6.45) is 3.97. The summed E-state index contributed by atoms with van der Waals surface area (Å²) in [6, 6.07) is 9.42. The highest BCUT2D eigenvalue weighted by Crippen LogP contribution is 2.30. The van der Waals surface area contributed by atoms with E-state index in [0.29, 0.717) is 33.3 Å². The lowest BCUT2D eigenvalue weighted by Gasteiger charge is -2.05. The van der Waals surface area contributed by atoms with Crippen LogP contribution in [0.5, 0.6) is 0 Å².